The molecule has 0 atom stereocenters. The van der Waals surface area contributed by atoms with E-state index in [4.69, 9.17) is 13.9 Å². The lowest BCUT2D eigenvalue weighted by atomic mass is 10.3. The molecular formula is C17H21NO3. The van der Waals surface area contributed by atoms with Gasteiger partial charge in [-0.3, -0.25) is 0 Å². The lowest BCUT2D eigenvalue weighted by Crippen LogP contribution is -2.14. The minimum absolute atomic E-state index is 0.442. The number of furan rings is 1. The maximum atomic E-state index is 5.73. The molecular weight excluding hydrogens is 266 g/mol. The molecule has 0 aliphatic heterocycles. The standard InChI is InChI=1S/C17H21NO3/c1-2-19-14-5-7-15(8-6-14)20-12-17-10-9-16(21-17)11-18-13-3-4-13/h5-10,13,18H,2-4,11-12H2,1H3. The Labute approximate surface area is 125 Å². The average Bonchev–Trinajstić information content (AvgIpc) is 3.23. The summed E-state index contributed by atoms with van der Waals surface area (Å²) < 4.78 is 16.8. The zero-order valence-corrected chi connectivity index (χ0v) is 12.3. The molecule has 2 aromatic rings. The summed E-state index contributed by atoms with van der Waals surface area (Å²) in [4.78, 5) is 0. The zero-order chi connectivity index (χ0) is 14.5. The first kappa shape index (κ1) is 14.0. The van der Waals surface area contributed by atoms with Crippen molar-refractivity contribution in [2.75, 3.05) is 6.61 Å². The Kier molecular flexibility index (Phi) is 4.46. The molecule has 0 saturated heterocycles. The van der Waals surface area contributed by atoms with Crippen molar-refractivity contribution in [3.05, 3.63) is 47.9 Å². The van der Waals surface area contributed by atoms with Crippen molar-refractivity contribution in [3.8, 4) is 11.5 Å². The average molecular weight is 287 g/mol. The van der Waals surface area contributed by atoms with Gasteiger partial charge in [0.25, 0.3) is 0 Å². The van der Waals surface area contributed by atoms with E-state index >= 15 is 0 Å². The van der Waals surface area contributed by atoms with Crippen molar-refractivity contribution in [2.45, 2.75) is 39.0 Å². The van der Waals surface area contributed by atoms with Gasteiger partial charge in [0.2, 0.25) is 0 Å². The van der Waals surface area contributed by atoms with Gasteiger partial charge in [-0.05, 0) is 56.2 Å². The molecule has 4 nitrogen and oxygen atoms in total. The van der Waals surface area contributed by atoms with Gasteiger partial charge >= 0.3 is 0 Å². The summed E-state index contributed by atoms with van der Waals surface area (Å²) in [5.41, 5.74) is 0. The van der Waals surface area contributed by atoms with Gasteiger partial charge in [-0.2, -0.15) is 0 Å². The second-order valence-electron chi connectivity index (χ2n) is 5.22. The van der Waals surface area contributed by atoms with Crippen LogP contribution in [0.4, 0.5) is 0 Å². The molecule has 1 N–H and O–H groups in total. The van der Waals surface area contributed by atoms with Gasteiger partial charge in [-0.1, -0.05) is 0 Å². The van der Waals surface area contributed by atoms with E-state index in [0.717, 1.165) is 29.6 Å². The Morgan fingerprint density at radius 1 is 1.00 bits per heavy atom. The molecule has 1 fully saturated rings. The van der Waals surface area contributed by atoms with Crippen molar-refractivity contribution in [2.24, 2.45) is 0 Å². The molecule has 0 bridgehead atoms. The first-order valence-electron chi connectivity index (χ1n) is 7.50. The van der Waals surface area contributed by atoms with Crippen LogP contribution in [0.1, 0.15) is 31.3 Å². The minimum atomic E-state index is 0.442. The van der Waals surface area contributed by atoms with Crippen LogP contribution < -0.4 is 14.8 Å². The predicted molar refractivity (Wildman–Crippen MR) is 80.5 cm³/mol. The fourth-order valence-electron chi connectivity index (χ4n) is 2.08. The Bertz CT molecular complexity index is 558. The zero-order valence-electron chi connectivity index (χ0n) is 12.3. The second-order valence-corrected chi connectivity index (χ2v) is 5.22. The molecule has 1 heterocycles. The molecule has 1 aromatic carbocycles. The first-order valence-corrected chi connectivity index (χ1v) is 7.50. The normalized spacial score (nSPS) is 14.1. The second kappa shape index (κ2) is 6.68. The molecule has 4 heteroatoms. The highest BCUT2D eigenvalue weighted by Crippen LogP contribution is 2.21. The number of benzene rings is 1. The lowest BCUT2D eigenvalue weighted by Gasteiger charge is -2.06. The number of hydrogen-bond acceptors (Lipinski definition) is 4. The topological polar surface area (TPSA) is 43.6 Å². The van der Waals surface area contributed by atoms with E-state index in [9.17, 15) is 0 Å². The molecule has 1 aliphatic carbocycles. The van der Waals surface area contributed by atoms with Crippen LogP contribution in [0.2, 0.25) is 0 Å². The summed E-state index contributed by atoms with van der Waals surface area (Å²) in [6, 6.07) is 12.3. The van der Waals surface area contributed by atoms with Gasteiger partial charge in [0.15, 0.2) is 0 Å². The quantitative estimate of drug-likeness (QED) is 0.807. The van der Waals surface area contributed by atoms with Crippen molar-refractivity contribution < 1.29 is 13.9 Å². The number of nitrogens with one attached hydrogen (secondary N) is 1. The maximum Gasteiger partial charge on any atom is 0.146 e. The Hall–Kier alpha value is -1.94. The SMILES string of the molecule is CCOc1ccc(OCc2ccc(CNC3CC3)o2)cc1. The van der Waals surface area contributed by atoms with Crippen LogP contribution in [-0.2, 0) is 13.2 Å². The van der Waals surface area contributed by atoms with Crippen LogP contribution in [0, 0.1) is 0 Å². The Morgan fingerprint density at radius 3 is 2.33 bits per heavy atom. The number of hydrogen-bond donors (Lipinski definition) is 1. The van der Waals surface area contributed by atoms with Crippen molar-refractivity contribution in [3.63, 3.8) is 0 Å². The summed E-state index contributed by atoms with van der Waals surface area (Å²) in [6.45, 7) is 3.88. The molecule has 21 heavy (non-hydrogen) atoms. The van der Waals surface area contributed by atoms with Crippen LogP contribution >= 0.6 is 0 Å². The third-order valence-electron chi connectivity index (χ3n) is 3.38. The molecule has 0 unspecified atom stereocenters. The summed E-state index contributed by atoms with van der Waals surface area (Å²) in [7, 11) is 0. The molecule has 1 saturated carbocycles. The van der Waals surface area contributed by atoms with Crippen molar-refractivity contribution in [1.29, 1.82) is 0 Å². The molecule has 0 amide bonds. The highest BCUT2D eigenvalue weighted by Gasteiger charge is 2.20. The van der Waals surface area contributed by atoms with Gasteiger partial charge in [0.05, 0.1) is 13.2 Å². The van der Waals surface area contributed by atoms with E-state index in [1.54, 1.807) is 0 Å². The van der Waals surface area contributed by atoms with E-state index < -0.39 is 0 Å². The highest BCUT2D eigenvalue weighted by atomic mass is 16.5. The molecule has 112 valence electrons. The van der Waals surface area contributed by atoms with E-state index in [-0.39, 0.29) is 0 Å². The van der Waals surface area contributed by atoms with Gasteiger partial charge in [0.1, 0.15) is 29.6 Å². The fourth-order valence-corrected chi connectivity index (χ4v) is 2.08. The maximum absolute atomic E-state index is 5.73. The summed E-state index contributed by atoms with van der Waals surface area (Å²) in [5, 5.41) is 3.43. The van der Waals surface area contributed by atoms with Gasteiger partial charge in [-0.15, -0.1) is 0 Å². The summed E-state index contributed by atoms with van der Waals surface area (Å²) in [6.07, 6.45) is 2.57. The van der Waals surface area contributed by atoms with Crippen molar-refractivity contribution in [1.82, 2.24) is 5.32 Å². The molecule has 0 radical (unpaired) electrons. The van der Waals surface area contributed by atoms with Crippen molar-refractivity contribution >= 4 is 0 Å². The van der Waals surface area contributed by atoms with E-state index in [1.165, 1.54) is 12.8 Å². The largest absolute Gasteiger partial charge is 0.494 e. The lowest BCUT2D eigenvalue weighted by molar-refractivity contribution is 0.264. The Morgan fingerprint density at radius 2 is 1.67 bits per heavy atom. The smallest absolute Gasteiger partial charge is 0.146 e. The molecule has 1 aromatic heterocycles. The first-order chi connectivity index (χ1) is 10.3. The van der Waals surface area contributed by atoms with E-state index in [0.29, 0.717) is 19.3 Å². The minimum Gasteiger partial charge on any atom is -0.494 e. The molecule has 1 aliphatic rings. The fraction of sp³-hybridized carbons (Fsp3) is 0.412. The number of rotatable bonds is 8. The summed E-state index contributed by atoms with van der Waals surface area (Å²) in [5.74, 6) is 3.48. The monoisotopic (exact) mass is 287 g/mol. The predicted octanol–water partition coefficient (Wildman–Crippen LogP) is 3.51. The van der Waals surface area contributed by atoms with Crippen LogP contribution in [0.15, 0.2) is 40.8 Å². The number of ether oxygens (including phenoxy) is 2. The van der Waals surface area contributed by atoms with Crippen LogP contribution in [0.3, 0.4) is 0 Å². The Balaban J connectivity index is 1.47. The summed E-state index contributed by atoms with van der Waals surface area (Å²) >= 11 is 0. The van der Waals surface area contributed by atoms with Crippen LogP contribution in [0.5, 0.6) is 11.5 Å². The molecule has 3 rings (SSSR count). The van der Waals surface area contributed by atoms with Gasteiger partial charge < -0.3 is 19.2 Å². The van der Waals surface area contributed by atoms with E-state index in [1.807, 2.05) is 43.3 Å². The molecule has 0 spiro atoms. The van der Waals surface area contributed by atoms with E-state index in [2.05, 4.69) is 5.32 Å². The van der Waals surface area contributed by atoms with Crippen LogP contribution in [0.25, 0.3) is 0 Å². The highest BCUT2D eigenvalue weighted by molar-refractivity contribution is 5.31. The third-order valence-corrected chi connectivity index (χ3v) is 3.38. The third kappa shape index (κ3) is 4.26. The van der Waals surface area contributed by atoms with Gasteiger partial charge in [-0.25, -0.2) is 0 Å². The van der Waals surface area contributed by atoms with Crippen LogP contribution in [-0.4, -0.2) is 12.6 Å². The van der Waals surface area contributed by atoms with Gasteiger partial charge in [0, 0.05) is 6.04 Å².